The van der Waals surface area contributed by atoms with Gasteiger partial charge in [-0.3, -0.25) is 9.59 Å². The second-order valence-electron chi connectivity index (χ2n) is 15.6. The highest BCUT2D eigenvalue weighted by Crippen LogP contribution is 2.36. The number of carbonyl (C=O) groups is 4. The van der Waals surface area contributed by atoms with Gasteiger partial charge in [0, 0.05) is 23.9 Å². The minimum atomic E-state index is -1.47. The maximum atomic E-state index is 14.9. The van der Waals surface area contributed by atoms with Gasteiger partial charge in [-0.1, -0.05) is 60.7 Å². The fraction of sp³-hybridized carbons (Fsp3) is 0.450. The van der Waals surface area contributed by atoms with Crippen LogP contribution < -0.4 is 10.6 Å². The Balaban J connectivity index is 2.18. The number of benzene rings is 3. The number of phenols is 2. The van der Waals surface area contributed by atoms with Crippen molar-refractivity contribution in [1.82, 2.24) is 15.5 Å². The summed E-state index contributed by atoms with van der Waals surface area (Å²) in [6, 6.07) is 16.3. The number of rotatable bonds is 11. The summed E-state index contributed by atoms with van der Waals surface area (Å²) in [7, 11) is 0. The van der Waals surface area contributed by atoms with Crippen molar-refractivity contribution in [1.29, 1.82) is 0 Å². The lowest BCUT2D eigenvalue weighted by Crippen LogP contribution is -2.60. The molecule has 0 fully saturated rings. The van der Waals surface area contributed by atoms with Crippen molar-refractivity contribution in [3.63, 3.8) is 0 Å². The lowest BCUT2D eigenvalue weighted by Gasteiger charge is -2.43. The molecule has 0 bridgehead atoms. The monoisotopic (exact) mass is 703 g/mol. The summed E-state index contributed by atoms with van der Waals surface area (Å²) in [5.74, 6) is -2.24. The molecule has 11 heteroatoms. The predicted molar refractivity (Wildman–Crippen MR) is 195 cm³/mol. The summed E-state index contributed by atoms with van der Waals surface area (Å²) >= 11 is 0. The van der Waals surface area contributed by atoms with Crippen molar-refractivity contribution in [3.05, 3.63) is 95.1 Å². The van der Waals surface area contributed by atoms with Crippen LogP contribution in [-0.2, 0) is 36.7 Å². The summed E-state index contributed by atoms with van der Waals surface area (Å²) in [6.07, 6.45) is -0.768. The fourth-order valence-electron chi connectivity index (χ4n) is 5.50. The van der Waals surface area contributed by atoms with E-state index >= 15 is 0 Å². The third-order valence-electron chi connectivity index (χ3n) is 7.69. The number of aryl methyl sites for hydroxylation is 1. The fourth-order valence-corrected chi connectivity index (χ4v) is 5.50. The first-order chi connectivity index (χ1) is 23.6. The van der Waals surface area contributed by atoms with Crippen LogP contribution in [0.1, 0.15) is 90.6 Å². The third-order valence-corrected chi connectivity index (χ3v) is 7.69. The Kier molecular flexibility index (Phi) is 12.9. The second-order valence-corrected chi connectivity index (χ2v) is 15.6. The smallest absolute Gasteiger partial charge is 0.408 e. The average Bonchev–Trinajstić information content (AvgIpc) is 2.99. The van der Waals surface area contributed by atoms with E-state index in [0.29, 0.717) is 11.1 Å². The first-order valence-electron chi connectivity index (χ1n) is 17.0. The first kappa shape index (κ1) is 40.4. The van der Waals surface area contributed by atoms with E-state index in [0.717, 1.165) is 5.56 Å². The number of amides is 3. The second kappa shape index (κ2) is 16.3. The van der Waals surface area contributed by atoms with Crippen molar-refractivity contribution in [2.75, 3.05) is 0 Å². The molecule has 0 aliphatic carbocycles. The normalized spacial score (nSPS) is 13.7. The van der Waals surface area contributed by atoms with Crippen LogP contribution in [0.25, 0.3) is 0 Å². The SMILES string of the molecule is Cc1cccc(C(C(=O)NC(Cc2ccccc2)C(=O)OC(C)(C)C)N(C(=O)C(Cc2ccc(O)cc2)NC(=O)OC(C)(C)C)C(C)(C)C)c1O. The predicted octanol–water partition coefficient (Wildman–Crippen LogP) is 6.28. The molecule has 0 radical (unpaired) electrons. The van der Waals surface area contributed by atoms with Gasteiger partial charge in [-0.25, -0.2) is 9.59 Å². The van der Waals surface area contributed by atoms with Crippen molar-refractivity contribution < 1.29 is 38.9 Å². The topological polar surface area (TPSA) is 154 Å². The van der Waals surface area contributed by atoms with E-state index in [1.165, 1.54) is 17.0 Å². The van der Waals surface area contributed by atoms with Crippen molar-refractivity contribution >= 4 is 23.9 Å². The van der Waals surface area contributed by atoms with E-state index in [9.17, 15) is 29.4 Å². The largest absolute Gasteiger partial charge is 0.508 e. The molecule has 0 aliphatic heterocycles. The standard InChI is InChI=1S/C40H53N3O8/c1-25-15-14-18-29(33(25)45)32(34(46)41-31(36(48)50-39(5,6)7)24-26-16-12-11-13-17-26)43(38(2,3)4)35(47)30(42-37(49)51-40(8,9)10)23-27-19-21-28(44)22-20-27/h11-22,30-32,44-45H,23-24H2,1-10H3,(H,41,46)(H,42,49). The van der Waals surface area contributed by atoms with Crippen molar-refractivity contribution in [2.24, 2.45) is 0 Å². The van der Waals surface area contributed by atoms with Gasteiger partial charge in [-0.05, 0) is 98.1 Å². The third kappa shape index (κ3) is 12.0. The molecule has 3 amide bonds. The number of hydrogen-bond acceptors (Lipinski definition) is 8. The van der Waals surface area contributed by atoms with E-state index < -0.39 is 58.7 Å². The Morgan fingerprint density at radius 3 is 1.78 bits per heavy atom. The molecular formula is C40H53N3O8. The van der Waals surface area contributed by atoms with Crippen LogP contribution >= 0.6 is 0 Å². The molecule has 11 nitrogen and oxygen atoms in total. The van der Waals surface area contributed by atoms with Gasteiger partial charge >= 0.3 is 12.1 Å². The van der Waals surface area contributed by atoms with E-state index in [2.05, 4.69) is 10.6 Å². The maximum absolute atomic E-state index is 14.9. The molecule has 0 heterocycles. The number of esters is 1. The summed E-state index contributed by atoms with van der Waals surface area (Å²) in [5.41, 5.74) is -0.838. The number of nitrogens with one attached hydrogen (secondary N) is 2. The van der Waals surface area contributed by atoms with Gasteiger partial charge in [0.05, 0.1) is 0 Å². The lowest BCUT2D eigenvalue weighted by molar-refractivity contribution is -0.159. The summed E-state index contributed by atoms with van der Waals surface area (Å²) < 4.78 is 11.2. The summed E-state index contributed by atoms with van der Waals surface area (Å²) in [4.78, 5) is 57.7. The van der Waals surface area contributed by atoms with E-state index in [1.54, 1.807) is 99.6 Å². The van der Waals surface area contributed by atoms with Gasteiger partial charge in [-0.2, -0.15) is 0 Å². The van der Waals surface area contributed by atoms with Crippen LogP contribution in [0.5, 0.6) is 11.5 Å². The minimum Gasteiger partial charge on any atom is -0.508 e. The molecule has 3 unspecified atom stereocenters. The summed E-state index contributed by atoms with van der Waals surface area (Å²) in [6.45, 7) is 17.2. The Labute approximate surface area is 301 Å². The molecule has 3 rings (SSSR count). The Hall–Kier alpha value is -5.06. The molecule has 3 aromatic rings. The molecule has 3 aromatic carbocycles. The van der Waals surface area contributed by atoms with Gasteiger partial charge in [0.2, 0.25) is 11.8 Å². The van der Waals surface area contributed by atoms with Gasteiger partial charge < -0.3 is 35.2 Å². The lowest BCUT2D eigenvalue weighted by atomic mass is 9.92. The number of hydrogen-bond donors (Lipinski definition) is 4. The van der Waals surface area contributed by atoms with Crippen LogP contribution in [-0.4, -0.2) is 67.8 Å². The Morgan fingerprint density at radius 1 is 0.686 bits per heavy atom. The summed E-state index contributed by atoms with van der Waals surface area (Å²) in [5, 5.41) is 26.8. The molecule has 0 aromatic heterocycles. The van der Waals surface area contributed by atoms with Crippen LogP contribution in [0.4, 0.5) is 4.79 Å². The van der Waals surface area contributed by atoms with E-state index in [1.807, 2.05) is 30.3 Å². The van der Waals surface area contributed by atoms with Crippen LogP contribution in [0.3, 0.4) is 0 Å². The number of alkyl carbamates (subject to hydrolysis) is 1. The maximum Gasteiger partial charge on any atom is 0.408 e. The van der Waals surface area contributed by atoms with E-state index in [4.69, 9.17) is 9.47 Å². The van der Waals surface area contributed by atoms with Crippen LogP contribution in [0, 0.1) is 6.92 Å². The van der Waals surface area contributed by atoms with Gasteiger partial charge in [0.15, 0.2) is 0 Å². The Bertz CT molecular complexity index is 1670. The van der Waals surface area contributed by atoms with Crippen molar-refractivity contribution in [2.45, 2.75) is 117 Å². The van der Waals surface area contributed by atoms with E-state index in [-0.39, 0.29) is 29.9 Å². The zero-order valence-corrected chi connectivity index (χ0v) is 31.4. The zero-order chi connectivity index (χ0) is 38.3. The number of para-hydroxylation sites is 1. The molecule has 0 spiro atoms. The number of carbonyl (C=O) groups excluding carboxylic acids is 4. The van der Waals surface area contributed by atoms with Crippen LogP contribution in [0.2, 0.25) is 0 Å². The first-order valence-corrected chi connectivity index (χ1v) is 17.0. The molecule has 3 atom stereocenters. The number of aromatic hydroxyl groups is 2. The molecular weight excluding hydrogens is 650 g/mol. The number of phenolic OH excluding ortho intramolecular Hbond substituents is 2. The van der Waals surface area contributed by atoms with Crippen LogP contribution in [0.15, 0.2) is 72.8 Å². The molecule has 51 heavy (non-hydrogen) atoms. The molecule has 276 valence electrons. The number of ether oxygens (including phenoxy) is 2. The highest BCUT2D eigenvalue weighted by Gasteiger charge is 2.44. The Morgan fingerprint density at radius 2 is 1.24 bits per heavy atom. The minimum absolute atomic E-state index is 0.0202. The number of nitrogens with zero attached hydrogens (tertiary/aromatic N) is 1. The molecule has 0 saturated heterocycles. The molecule has 0 aliphatic rings. The quantitative estimate of drug-likeness (QED) is 0.170. The van der Waals surface area contributed by atoms with Gasteiger partial charge in [0.25, 0.3) is 0 Å². The average molecular weight is 704 g/mol. The molecule has 0 saturated carbocycles. The van der Waals surface area contributed by atoms with Gasteiger partial charge in [0.1, 0.15) is 40.8 Å². The highest BCUT2D eigenvalue weighted by atomic mass is 16.6. The van der Waals surface area contributed by atoms with Crippen molar-refractivity contribution in [3.8, 4) is 11.5 Å². The highest BCUT2D eigenvalue weighted by molar-refractivity contribution is 5.95. The zero-order valence-electron chi connectivity index (χ0n) is 31.4. The van der Waals surface area contributed by atoms with Gasteiger partial charge in [-0.15, -0.1) is 0 Å². The molecule has 4 N–H and O–H groups in total.